The zero-order chi connectivity index (χ0) is 40.0. The molecule has 0 heterocycles. The molecule has 58 heavy (non-hydrogen) atoms. The van der Waals surface area contributed by atoms with Crippen LogP contribution in [0.15, 0.2) is 152 Å². The van der Waals surface area contributed by atoms with Crippen molar-refractivity contribution in [2.45, 2.75) is 79.1 Å². The molecule has 4 heteroatoms. The van der Waals surface area contributed by atoms with E-state index in [1.165, 1.54) is 105 Å². The summed E-state index contributed by atoms with van der Waals surface area (Å²) in [5, 5.41) is 6.18. The zero-order valence-electron chi connectivity index (χ0n) is 35.0. The van der Waals surface area contributed by atoms with Gasteiger partial charge < -0.3 is 24.8 Å². The van der Waals surface area contributed by atoms with Crippen molar-refractivity contribution in [3.8, 4) is 22.3 Å². The second kappa shape index (κ2) is 20.5. The van der Waals surface area contributed by atoms with E-state index in [1.807, 2.05) is 24.3 Å². The van der Waals surface area contributed by atoms with E-state index in [2.05, 4.69) is 189 Å². The summed E-state index contributed by atoms with van der Waals surface area (Å²) in [5.41, 5.74) is 13.6. The van der Waals surface area contributed by atoms with Gasteiger partial charge in [0.2, 0.25) is 0 Å². The minimum absolute atomic E-state index is 0. The van der Waals surface area contributed by atoms with Crippen LogP contribution >= 0.6 is 11.6 Å². The minimum atomic E-state index is 0. The summed E-state index contributed by atoms with van der Waals surface area (Å²) >= 11 is 7.34. The standard InChI is InChI=1S/C35H37.C14H11Cl.C5H5.2ClH.Zr/c1-22-13-9-11-15-26(22)30-18-24-17-25-19-31(27-16-12-10-14-23(27)2)33(35(6,7)8)21-29(25)28(24)20-32(30)34(3,4)5;15-14-10-8-13(9-11-14)7-6-12-4-2-1-3-5-12;1-2-4-5-3-1;;;/h9-21H,1-8H3;1-5,8-11H,7H2;1-3H,4H2;2*1H;/q-1;;-1;;;+2/p-2. The Morgan fingerprint density at radius 1 is 0.621 bits per heavy atom. The molecule has 0 saturated heterocycles. The fourth-order valence-corrected chi connectivity index (χ4v) is 8.47. The Labute approximate surface area is 380 Å². The fraction of sp³-hybridized carbons (Fsp3) is 0.222. The number of hydrogen-bond acceptors (Lipinski definition) is 0. The maximum absolute atomic E-state index is 5.86. The molecule has 0 radical (unpaired) electrons. The summed E-state index contributed by atoms with van der Waals surface area (Å²) in [4.78, 5) is 0. The van der Waals surface area contributed by atoms with Gasteiger partial charge in [-0.2, -0.15) is 6.08 Å². The Morgan fingerprint density at radius 2 is 1.09 bits per heavy atom. The predicted molar refractivity (Wildman–Crippen MR) is 242 cm³/mol. The molecule has 0 aliphatic heterocycles. The molecule has 0 spiro atoms. The normalized spacial score (nSPS) is 11.9. The van der Waals surface area contributed by atoms with Gasteiger partial charge in [0.15, 0.2) is 0 Å². The van der Waals surface area contributed by atoms with Crippen LogP contribution in [0.5, 0.6) is 0 Å². The van der Waals surface area contributed by atoms with Gasteiger partial charge in [0.05, 0.1) is 0 Å². The van der Waals surface area contributed by atoms with E-state index in [0.717, 1.165) is 17.9 Å². The van der Waals surface area contributed by atoms with E-state index < -0.39 is 0 Å². The Balaban J connectivity index is 0.000000268. The van der Waals surface area contributed by atoms with Crippen molar-refractivity contribution in [3.05, 3.63) is 196 Å². The molecule has 0 unspecified atom stereocenters. The molecule has 1 aliphatic carbocycles. The molecule has 0 amide bonds. The summed E-state index contributed by atoms with van der Waals surface area (Å²) < 4.78 is 1.47. The molecule has 1 aliphatic rings. The van der Waals surface area contributed by atoms with Gasteiger partial charge in [0.25, 0.3) is 0 Å². The number of allylic oxidation sites excluding steroid dienone is 4. The van der Waals surface area contributed by atoms with Gasteiger partial charge in [0, 0.05) is 0 Å². The molecule has 0 N–H and O–H groups in total. The third-order valence-electron chi connectivity index (χ3n) is 10.5. The van der Waals surface area contributed by atoms with Crippen LogP contribution in [0.25, 0.3) is 43.8 Å². The molecular formula is C54H53Cl3Zr-2. The number of halogens is 3. The quantitative estimate of drug-likeness (QED) is 0.151. The Bertz CT molecular complexity index is 2390. The number of benzene rings is 6. The van der Waals surface area contributed by atoms with E-state index in [-0.39, 0.29) is 35.6 Å². The average Bonchev–Trinajstić information content (AvgIpc) is 3.87. The summed E-state index contributed by atoms with van der Waals surface area (Å²) in [6.07, 6.45) is 11.0. The Kier molecular flexibility index (Phi) is 16.6. The van der Waals surface area contributed by atoms with Crippen LogP contribution in [0.4, 0.5) is 0 Å². The largest absolute Gasteiger partial charge is 1.00 e. The van der Waals surface area contributed by atoms with E-state index in [0.29, 0.717) is 0 Å². The first-order valence-corrected chi connectivity index (χ1v) is 21.2. The van der Waals surface area contributed by atoms with Gasteiger partial charge >= 0.3 is 116 Å². The minimum Gasteiger partial charge on any atom is -1.00 e. The third-order valence-corrected chi connectivity index (χ3v) is 11.9. The van der Waals surface area contributed by atoms with Crippen LogP contribution < -0.4 is 24.8 Å². The summed E-state index contributed by atoms with van der Waals surface area (Å²) in [6, 6.07) is 48.4. The zero-order valence-corrected chi connectivity index (χ0v) is 39.7. The first-order chi connectivity index (χ1) is 26.7. The molecule has 0 atom stereocenters. The van der Waals surface area contributed by atoms with Crippen LogP contribution in [0, 0.1) is 19.9 Å². The van der Waals surface area contributed by atoms with Crippen LogP contribution in [0.2, 0.25) is 5.02 Å². The molecule has 8 rings (SSSR count). The van der Waals surface area contributed by atoms with Crippen molar-refractivity contribution < 1.29 is 49.0 Å². The summed E-state index contributed by atoms with van der Waals surface area (Å²) in [6.45, 7) is 18.4. The molecule has 0 nitrogen and oxygen atoms in total. The molecule has 296 valence electrons. The molecule has 0 aromatic heterocycles. The van der Waals surface area contributed by atoms with E-state index >= 15 is 0 Å². The van der Waals surface area contributed by atoms with E-state index in [1.54, 1.807) is 0 Å². The van der Waals surface area contributed by atoms with Crippen molar-refractivity contribution in [2.75, 3.05) is 0 Å². The Morgan fingerprint density at radius 3 is 1.48 bits per heavy atom. The molecule has 0 fully saturated rings. The van der Waals surface area contributed by atoms with Gasteiger partial charge in [0.1, 0.15) is 0 Å². The first kappa shape index (κ1) is 47.0. The van der Waals surface area contributed by atoms with E-state index in [4.69, 9.17) is 11.6 Å². The predicted octanol–water partition coefficient (Wildman–Crippen LogP) is 9.22. The Hall–Kier alpha value is -3.71. The number of aryl methyl sites for hydroxylation is 2. The second-order valence-corrected chi connectivity index (χ2v) is 18.8. The number of rotatable bonds is 5. The SMILES string of the molecule is Cc1ccccc1-c1cc2[cH-]c3cc(-c4ccccc4C)c(C(C)(C)C)cc3c2cc1C(C)(C)C.Clc1ccc(C[C](=[Zr+2])c2ccccc2)cc1.[C-]1=CC=CC1.[Cl-].[Cl-]. The van der Waals surface area contributed by atoms with Gasteiger partial charge in [-0.15, -0.1) is 46.2 Å². The summed E-state index contributed by atoms with van der Waals surface area (Å²) in [7, 11) is 0. The third kappa shape index (κ3) is 11.5. The van der Waals surface area contributed by atoms with Gasteiger partial charge in [-0.05, 0) is 69.2 Å². The smallest absolute Gasteiger partial charge is 0.109 e. The second-order valence-electron chi connectivity index (χ2n) is 16.9. The maximum atomic E-state index is 5.86. The van der Waals surface area contributed by atoms with Crippen molar-refractivity contribution in [2.24, 2.45) is 0 Å². The average molecular weight is 900 g/mol. The van der Waals surface area contributed by atoms with Gasteiger partial charge in [-0.1, -0.05) is 102 Å². The maximum Gasteiger partial charge on any atom is -0.109 e. The molecule has 7 aromatic rings. The molecule has 0 saturated carbocycles. The van der Waals surface area contributed by atoms with Crippen molar-refractivity contribution >= 4 is 36.4 Å². The van der Waals surface area contributed by atoms with Crippen LogP contribution in [0.3, 0.4) is 0 Å². The van der Waals surface area contributed by atoms with Crippen LogP contribution in [-0.4, -0.2) is 3.21 Å². The topological polar surface area (TPSA) is 0 Å². The number of hydrogen-bond donors (Lipinski definition) is 0. The van der Waals surface area contributed by atoms with Gasteiger partial charge in [-0.3, -0.25) is 6.08 Å². The van der Waals surface area contributed by atoms with Crippen molar-refractivity contribution in [1.82, 2.24) is 0 Å². The van der Waals surface area contributed by atoms with Crippen LogP contribution in [0.1, 0.15) is 81.3 Å². The van der Waals surface area contributed by atoms with E-state index in [9.17, 15) is 0 Å². The van der Waals surface area contributed by atoms with Crippen molar-refractivity contribution in [1.29, 1.82) is 0 Å². The summed E-state index contributed by atoms with van der Waals surface area (Å²) in [5.74, 6) is 0. The van der Waals surface area contributed by atoms with Gasteiger partial charge in [-0.25, -0.2) is 12.2 Å². The molecule has 7 aromatic carbocycles. The van der Waals surface area contributed by atoms with Crippen LogP contribution in [-0.2, 0) is 41.5 Å². The molecular weight excluding hydrogens is 846 g/mol. The van der Waals surface area contributed by atoms with Crippen molar-refractivity contribution in [3.63, 3.8) is 0 Å². The molecule has 0 bridgehead atoms. The number of fused-ring (bicyclic) bond motifs is 3. The monoisotopic (exact) mass is 896 g/mol. The fourth-order valence-electron chi connectivity index (χ4n) is 7.43. The first-order valence-electron chi connectivity index (χ1n) is 19.6.